The van der Waals surface area contributed by atoms with Crippen molar-refractivity contribution >= 4 is 18.3 Å². The fourth-order valence-corrected chi connectivity index (χ4v) is 1.54. The predicted molar refractivity (Wildman–Crippen MR) is 72.1 cm³/mol. The van der Waals surface area contributed by atoms with Crippen LogP contribution in [0.3, 0.4) is 0 Å². The normalized spacial score (nSPS) is 10.9. The zero-order chi connectivity index (χ0) is 15.5. The molecule has 1 aromatic heterocycles. The Morgan fingerprint density at radius 1 is 1.36 bits per heavy atom. The third-order valence-corrected chi connectivity index (χ3v) is 2.55. The Bertz CT molecular complexity index is 645. The van der Waals surface area contributed by atoms with Crippen molar-refractivity contribution in [1.82, 2.24) is 15.5 Å². The number of halogens is 4. The molecule has 6 nitrogen and oxygen atoms in total. The van der Waals surface area contributed by atoms with E-state index in [0.717, 1.165) is 12.1 Å². The Balaban J connectivity index is 0.00000242. The van der Waals surface area contributed by atoms with Crippen molar-refractivity contribution in [3.8, 4) is 0 Å². The van der Waals surface area contributed by atoms with E-state index in [4.69, 9.17) is 5.73 Å². The van der Waals surface area contributed by atoms with Crippen LogP contribution in [-0.4, -0.2) is 16.0 Å². The summed E-state index contributed by atoms with van der Waals surface area (Å²) in [4.78, 5) is 15.4. The first-order valence-electron chi connectivity index (χ1n) is 5.87. The van der Waals surface area contributed by atoms with Crippen molar-refractivity contribution in [3.05, 3.63) is 47.1 Å². The van der Waals surface area contributed by atoms with Gasteiger partial charge in [0, 0.05) is 6.54 Å². The Morgan fingerprint density at radius 2 is 2.09 bits per heavy atom. The van der Waals surface area contributed by atoms with Crippen molar-refractivity contribution in [2.24, 2.45) is 5.73 Å². The molecule has 1 heterocycles. The monoisotopic (exact) mass is 336 g/mol. The summed E-state index contributed by atoms with van der Waals surface area (Å²) in [7, 11) is 0. The van der Waals surface area contributed by atoms with E-state index in [-0.39, 0.29) is 37.2 Å². The van der Waals surface area contributed by atoms with Crippen LogP contribution in [0.1, 0.15) is 27.6 Å². The lowest BCUT2D eigenvalue weighted by molar-refractivity contribution is -0.137. The maximum absolute atomic E-state index is 12.5. The summed E-state index contributed by atoms with van der Waals surface area (Å²) in [5.41, 5.74) is 4.78. The van der Waals surface area contributed by atoms with Crippen molar-refractivity contribution in [3.63, 3.8) is 0 Å². The van der Waals surface area contributed by atoms with Gasteiger partial charge < -0.3 is 15.6 Å². The summed E-state index contributed by atoms with van der Waals surface area (Å²) in [5, 5.41) is 5.82. The van der Waals surface area contributed by atoms with Crippen LogP contribution >= 0.6 is 12.4 Å². The summed E-state index contributed by atoms with van der Waals surface area (Å²) in [6.07, 6.45) is -4.43. The first kappa shape index (κ1) is 17.9. The molecule has 0 bridgehead atoms. The highest BCUT2D eigenvalue weighted by atomic mass is 35.5. The van der Waals surface area contributed by atoms with Crippen LogP contribution in [0.4, 0.5) is 13.2 Å². The summed E-state index contributed by atoms with van der Waals surface area (Å²) in [5.74, 6) is -0.804. The molecule has 0 radical (unpaired) electrons. The van der Waals surface area contributed by atoms with Gasteiger partial charge in [0.25, 0.3) is 0 Å². The number of carbonyl (C=O) groups excluding carboxylic acids is 1. The van der Waals surface area contributed by atoms with Crippen LogP contribution in [0.2, 0.25) is 0 Å². The Labute approximate surface area is 129 Å². The lowest BCUT2D eigenvalue weighted by Crippen LogP contribution is -2.23. The molecule has 22 heavy (non-hydrogen) atoms. The van der Waals surface area contributed by atoms with Crippen LogP contribution in [0.5, 0.6) is 0 Å². The zero-order valence-corrected chi connectivity index (χ0v) is 11.9. The minimum atomic E-state index is -4.43. The molecule has 10 heteroatoms. The van der Waals surface area contributed by atoms with Gasteiger partial charge in [0.05, 0.1) is 12.1 Å². The van der Waals surface area contributed by atoms with Gasteiger partial charge in [-0.2, -0.15) is 18.2 Å². The predicted octanol–water partition coefficient (Wildman–Crippen LogP) is 1.90. The number of hydrogen-bond acceptors (Lipinski definition) is 5. The molecule has 0 unspecified atom stereocenters. The van der Waals surface area contributed by atoms with Crippen LogP contribution < -0.4 is 11.1 Å². The number of nitrogens with zero attached hydrogens (tertiary/aromatic N) is 2. The third-order valence-electron chi connectivity index (χ3n) is 2.55. The van der Waals surface area contributed by atoms with Gasteiger partial charge in [-0.15, -0.1) is 12.4 Å². The van der Waals surface area contributed by atoms with Gasteiger partial charge >= 0.3 is 18.0 Å². The van der Waals surface area contributed by atoms with E-state index >= 15 is 0 Å². The Morgan fingerprint density at radius 3 is 2.68 bits per heavy atom. The molecule has 0 saturated carbocycles. The number of aromatic nitrogens is 2. The first-order chi connectivity index (χ1) is 9.90. The number of amides is 1. The van der Waals surface area contributed by atoms with Gasteiger partial charge in [-0.05, 0) is 17.7 Å². The Kier molecular flexibility index (Phi) is 5.89. The van der Waals surface area contributed by atoms with Gasteiger partial charge in [0.1, 0.15) is 0 Å². The molecule has 0 aliphatic carbocycles. The number of nitrogens with one attached hydrogen (secondary N) is 1. The van der Waals surface area contributed by atoms with Gasteiger partial charge in [-0.3, -0.25) is 4.79 Å². The van der Waals surface area contributed by atoms with E-state index < -0.39 is 17.6 Å². The lowest BCUT2D eigenvalue weighted by atomic mass is 10.1. The zero-order valence-electron chi connectivity index (χ0n) is 11.1. The Hall–Kier alpha value is -2.13. The maximum Gasteiger partial charge on any atom is 0.416 e. The average molecular weight is 337 g/mol. The molecular formula is C12H12ClF3N4O2. The van der Waals surface area contributed by atoms with Gasteiger partial charge in [0.15, 0.2) is 5.82 Å². The quantitative estimate of drug-likeness (QED) is 0.889. The fraction of sp³-hybridized carbons (Fsp3) is 0.250. The maximum atomic E-state index is 12.5. The second-order valence-corrected chi connectivity index (χ2v) is 4.10. The number of hydrogen-bond donors (Lipinski definition) is 2. The molecule has 2 aromatic rings. The van der Waals surface area contributed by atoms with E-state index in [9.17, 15) is 18.0 Å². The molecule has 120 valence electrons. The van der Waals surface area contributed by atoms with Crippen molar-refractivity contribution in [2.75, 3.05) is 0 Å². The third kappa shape index (κ3) is 4.43. The number of rotatable bonds is 4. The standard InChI is InChI=1S/C12H11F3N4O2.ClH/c13-12(14,15)8-3-1-2-7(4-8)6-17-10(20)11-18-9(5-16)19-21-11;/h1-4H,5-6,16H2,(H,17,20);1H. The van der Waals surface area contributed by atoms with Crippen molar-refractivity contribution in [2.45, 2.75) is 19.3 Å². The smallest absolute Gasteiger partial charge is 0.344 e. The van der Waals surface area contributed by atoms with Crippen LogP contribution in [0.15, 0.2) is 28.8 Å². The van der Waals surface area contributed by atoms with E-state index in [1.54, 1.807) is 0 Å². The second-order valence-electron chi connectivity index (χ2n) is 4.10. The average Bonchev–Trinajstić information content (AvgIpc) is 2.93. The summed E-state index contributed by atoms with van der Waals surface area (Å²) < 4.78 is 42.3. The second kappa shape index (κ2) is 7.23. The summed E-state index contributed by atoms with van der Waals surface area (Å²) in [6, 6.07) is 4.65. The molecule has 0 aliphatic rings. The van der Waals surface area contributed by atoms with Crippen LogP contribution in [0.25, 0.3) is 0 Å². The van der Waals surface area contributed by atoms with E-state index in [0.29, 0.717) is 5.56 Å². The van der Waals surface area contributed by atoms with Crippen LogP contribution in [-0.2, 0) is 19.3 Å². The SMILES string of the molecule is Cl.NCc1noc(C(=O)NCc2cccc(C(F)(F)F)c2)n1. The van der Waals surface area contributed by atoms with E-state index in [1.807, 2.05) is 0 Å². The van der Waals surface area contributed by atoms with E-state index in [1.165, 1.54) is 12.1 Å². The number of benzene rings is 1. The topological polar surface area (TPSA) is 94.0 Å². The number of nitrogens with two attached hydrogens (primary N) is 1. The van der Waals surface area contributed by atoms with E-state index in [2.05, 4.69) is 20.0 Å². The van der Waals surface area contributed by atoms with Crippen molar-refractivity contribution in [1.29, 1.82) is 0 Å². The highest BCUT2D eigenvalue weighted by Crippen LogP contribution is 2.29. The summed E-state index contributed by atoms with van der Waals surface area (Å²) in [6.45, 7) is -0.0759. The molecule has 1 amide bonds. The molecule has 1 aromatic carbocycles. The largest absolute Gasteiger partial charge is 0.416 e. The number of carbonyl (C=O) groups is 1. The lowest BCUT2D eigenvalue weighted by Gasteiger charge is -2.08. The van der Waals surface area contributed by atoms with Gasteiger partial charge in [-0.25, -0.2) is 0 Å². The molecular weight excluding hydrogens is 325 g/mol. The molecule has 0 saturated heterocycles. The minimum Gasteiger partial charge on any atom is -0.344 e. The molecule has 0 spiro atoms. The van der Waals surface area contributed by atoms with Crippen LogP contribution in [0, 0.1) is 0 Å². The van der Waals surface area contributed by atoms with Gasteiger partial charge in [-0.1, -0.05) is 17.3 Å². The highest BCUT2D eigenvalue weighted by molar-refractivity contribution is 5.89. The minimum absolute atomic E-state index is 0. The van der Waals surface area contributed by atoms with Gasteiger partial charge in [0.2, 0.25) is 0 Å². The first-order valence-corrected chi connectivity index (χ1v) is 5.87. The highest BCUT2D eigenvalue weighted by Gasteiger charge is 2.30. The molecule has 2 rings (SSSR count). The molecule has 0 atom stereocenters. The number of alkyl halides is 3. The molecule has 0 fully saturated rings. The molecule has 3 N–H and O–H groups in total. The summed E-state index contributed by atoms with van der Waals surface area (Å²) >= 11 is 0. The fourth-order valence-electron chi connectivity index (χ4n) is 1.54. The molecule has 0 aliphatic heterocycles. The van der Waals surface area contributed by atoms with Crippen molar-refractivity contribution < 1.29 is 22.5 Å².